The number of carbonyl (C=O) groups is 1. The summed E-state index contributed by atoms with van der Waals surface area (Å²) in [6.07, 6.45) is 3.90. The number of hydrogen-bond acceptors (Lipinski definition) is 2. The predicted octanol–water partition coefficient (Wildman–Crippen LogP) is 2.94. The summed E-state index contributed by atoms with van der Waals surface area (Å²) in [6.45, 7) is 2.79. The first-order valence-electron chi connectivity index (χ1n) is 6.65. The first-order valence-corrected chi connectivity index (χ1v) is 6.65. The highest BCUT2D eigenvalue weighted by atomic mass is 16.1. The Bertz CT molecular complexity index is 634. The van der Waals surface area contributed by atoms with E-state index in [-0.39, 0.29) is 5.91 Å². The minimum absolute atomic E-state index is 0.0292. The molecule has 0 saturated heterocycles. The van der Waals surface area contributed by atoms with E-state index in [2.05, 4.69) is 29.4 Å². The van der Waals surface area contributed by atoms with E-state index < -0.39 is 0 Å². The number of nitrogens with zero attached hydrogens (tertiary/aromatic N) is 1. The molecule has 1 aliphatic rings. The number of carbonyl (C=O) groups excluding carboxylic acids is 1. The number of nitrogens with one attached hydrogen (secondary N) is 1. The van der Waals surface area contributed by atoms with Crippen molar-refractivity contribution in [3.63, 3.8) is 0 Å². The van der Waals surface area contributed by atoms with Gasteiger partial charge in [0.2, 0.25) is 0 Å². The molecule has 1 N–H and O–H groups in total. The number of fused-ring (bicyclic) bond motifs is 1. The first kappa shape index (κ1) is 11.9. The third-order valence-electron chi connectivity index (χ3n) is 3.48. The Morgan fingerprint density at radius 1 is 1.26 bits per heavy atom. The molecule has 0 aliphatic carbocycles. The van der Waals surface area contributed by atoms with Gasteiger partial charge in [-0.15, -0.1) is 0 Å². The molecule has 1 aromatic heterocycles. The van der Waals surface area contributed by atoms with E-state index in [0.29, 0.717) is 6.54 Å². The van der Waals surface area contributed by atoms with Crippen molar-refractivity contribution in [2.45, 2.75) is 26.3 Å². The van der Waals surface area contributed by atoms with Crippen molar-refractivity contribution in [2.24, 2.45) is 0 Å². The van der Waals surface area contributed by atoms with Gasteiger partial charge in [0.15, 0.2) is 0 Å². The third kappa shape index (κ3) is 2.12. The Balaban J connectivity index is 2.06. The second kappa shape index (κ2) is 4.84. The van der Waals surface area contributed by atoms with Crippen molar-refractivity contribution in [3.05, 3.63) is 53.3 Å². The van der Waals surface area contributed by atoms with Crippen LogP contribution in [0.2, 0.25) is 0 Å². The molecule has 0 bridgehead atoms. The fourth-order valence-electron chi connectivity index (χ4n) is 2.54. The number of aryl methyl sites for hydroxylation is 1. The lowest BCUT2D eigenvalue weighted by atomic mass is 9.98. The Labute approximate surface area is 112 Å². The minimum atomic E-state index is 0.0292. The van der Waals surface area contributed by atoms with Crippen molar-refractivity contribution in [1.82, 2.24) is 10.3 Å². The molecule has 0 spiro atoms. The zero-order valence-electron chi connectivity index (χ0n) is 10.9. The van der Waals surface area contributed by atoms with Gasteiger partial charge in [-0.1, -0.05) is 25.5 Å². The van der Waals surface area contributed by atoms with Gasteiger partial charge in [-0.3, -0.25) is 9.78 Å². The molecule has 0 saturated carbocycles. The van der Waals surface area contributed by atoms with Crippen LogP contribution in [0.25, 0.3) is 11.1 Å². The molecule has 0 unspecified atom stereocenters. The maximum atomic E-state index is 11.6. The van der Waals surface area contributed by atoms with Gasteiger partial charge in [-0.25, -0.2) is 0 Å². The normalized spacial score (nSPS) is 13.2. The zero-order chi connectivity index (χ0) is 13.2. The smallest absolute Gasteiger partial charge is 0.251 e. The monoisotopic (exact) mass is 252 g/mol. The number of rotatable bonds is 3. The average Bonchev–Trinajstić information content (AvgIpc) is 2.81. The lowest BCUT2D eigenvalue weighted by Gasteiger charge is -2.08. The molecule has 0 atom stereocenters. The summed E-state index contributed by atoms with van der Waals surface area (Å²) in [5.74, 6) is 0.0292. The Morgan fingerprint density at radius 3 is 3.00 bits per heavy atom. The van der Waals surface area contributed by atoms with Gasteiger partial charge in [0, 0.05) is 29.6 Å². The van der Waals surface area contributed by atoms with E-state index in [0.717, 1.165) is 35.2 Å². The second-order valence-corrected chi connectivity index (χ2v) is 4.80. The quantitative estimate of drug-likeness (QED) is 0.912. The van der Waals surface area contributed by atoms with E-state index in [9.17, 15) is 4.79 Å². The molecule has 2 heterocycles. The van der Waals surface area contributed by atoms with Crippen LogP contribution in [0, 0.1) is 0 Å². The van der Waals surface area contributed by atoms with E-state index in [1.807, 2.05) is 24.4 Å². The summed E-state index contributed by atoms with van der Waals surface area (Å²) in [7, 11) is 0. The van der Waals surface area contributed by atoms with Crippen LogP contribution in [0.3, 0.4) is 0 Å². The lowest BCUT2D eigenvalue weighted by molar-refractivity contribution is 0.0966. The van der Waals surface area contributed by atoms with Crippen LogP contribution in [-0.2, 0) is 13.0 Å². The number of amides is 1. The summed E-state index contributed by atoms with van der Waals surface area (Å²) in [6, 6.07) is 10.1. The number of aromatic nitrogens is 1. The Hall–Kier alpha value is -2.16. The van der Waals surface area contributed by atoms with E-state index >= 15 is 0 Å². The third-order valence-corrected chi connectivity index (χ3v) is 3.48. The van der Waals surface area contributed by atoms with Crippen LogP contribution in [0.5, 0.6) is 0 Å². The molecular formula is C16H16N2O. The Morgan fingerprint density at radius 2 is 2.16 bits per heavy atom. The number of benzene rings is 1. The molecule has 2 aromatic rings. The summed E-state index contributed by atoms with van der Waals surface area (Å²) in [5.41, 5.74) is 5.32. The Kier molecular flexibility index (Phi) is 3.03. The largest absolute Gasteiger partial charge is 0.348 e. The summed E-state index contributed by atoms with van der Waals surface area (Å²) in [4.78, 5) is 16.0. The summed E-state index contributed by atoms with van der Waals surface area (Å²) in [5, 5.41) is 2.85. The molecule has 19 heavy (non-hydrogen) atoms. The molecule has 3 nitrogen and oxygen atoms in total. The van der Waals surface area contributed by atoms with Gasteiger partial charge < -0.3 is 5.32 Å². The molecule has 1 aromatic carbocycles. The maximum Gasteiger partial charge on any atom is 0.251 e. The van der Waals surface area contributed by atoms with Crippen molar-refractivity contribution in [3.8, 4) is 11.1 Å². The second-order valence-electron chi connectivity index (χ2n) is 4.80. The van der Waals surface area contributed by atoms with Crippen molar-refractivity contribution in [2.75, 3.05) is 0 Å². The van der Waals surface area contributed by atoms with Crippen LogP contribution >= 0.6 is 0 Å². The highest BCUT2D eigenvalue weighted by Crippen LogP contribution is 2.27. The average molecular weight is 252 g/mol. The van der Waals surface area contributed by atoms with Gasteiger partial charge in [-0.05, 0) is 35.7 Å². The highest BCUT2D eigenvalue weighted by molar-refractivity contribution is 5.98. The van der Waals surface area contributed by atoms with Crippen molar-refractivity contribution < 1.29 is 4.79 Å². The predicted molar refractivity (Wildman–Crippen MR) is 74.8 cm³/mol. The van der Waals surface area contributed by atoms with Gasteiger partial charge in [-0.2, -0.15) is 0 Å². The van der Waals surface area contributed by atoms with Gasteiger partial charge in [0.1, 0.15) is 0 Å². The van der Waals surface area contributed by atoms with Gasteiger partial charge in [0.05, 0.1) is 0 Å². The van der Waals surface area contributed by atoms with E-state index in [4.69, 9.17) is 0 Å². The molecule has 1 amide bonds. The van der Waals surface area contributed by atoms with Gasteiger partial charge in [0.25, 0.3) is 5.91 Å². The molecule has 0 fully saturated rings. The van der Waals surface area contributed by atoms with Crippen LogP contribution in [0.4, 0.5) is 0 Å². The fraction of sp³-hybridized carbons (Fsp3) is 0.250. The molecule has 3 rings (SSSR count). The van der Waals surface area contributed by atoms with Crippen LogP contribution in [0.1, 0.15) is 35.0 Å². The first-order chi connectivity index (χ1) is 9.29. The molecule has 96 valence electrons. The SMILES string of the molecule is CCCc1ncccc1-c1ccc2c(c1)CNC2=O. The topological polar surface area (TPSA) is 42.0 Å². The van der Waals surface area contributed by atoms with Crippen LogP contribution in [-0.4, -0.2) is 10.9 Å². The standard InChI is InChI=1S/C16H16N2O/c1-2-4-15-13(5-3-8-17-15)11-6-7-14-12(9-11)10-18-16(14)19/h3,5-9H,2,4,10H2,1H3,(H,18,19). The van der Waals surface area contributed by atoms with E-state index in [1.54, 1.807) is 0 Å². The molecule has 1 aliphatic heterocycles. The summed E-state index contributed by atoms with van der Waals surface area (Å²) >= 11 is 0. The van der Waals surface area contributed by atoms with Crippen molar-refractivity contribution >= 4 is 5.91 Å². The lowest BCUT2D eigenvalue weighted by Crippen LogP contribution is -2.12. The van der Waals surface area contributed by atoms with Crippen molar-refractivity contribution in [1.29, 1.82) is 0 Å². The van der Waals surface area contributed by atoms with Gasteiger partial charge >= 0.3 is 0 Å². The zero-order valence-corrected chi connectivity index (χ0v) is 10.9. The highest BCUT2D eigenvalue weighted by Gasteiger charge is 2.19. The number of pyridine rings is 1. The number of hydrogen-bond donors (Lipinski definition) is 1. The van der Waals surface area contributed by atoms with E-state index in [1.165, 1.54) is 5.56 Å². The molecule has 0 radical (unpaired) electrons. The van der Waals surface area contributed by atoms with Crippen LogP contribution < -0.4 is 5.32 Å². The van der Waals surface area contributed by atoms with Crippen LogP contribution in [0.15, 0.2) is 36.5 Å². The molecule has 3 heteroatoms. The summed E-state index contributed by atoms with van der Waals surface area (Å²) < 4.78 is 0. The maximum absolute atomic E-state index is 11.6. The molecular weight excluding hydrogens is 236 g/mol. The fourth-order valence-corrected chi connectivity index (χ4v) is 2.54. The minimum Gasteiger partial charge on any atom is -0.348 e.